The molecule has 2 heteroatoms. The van der Waals surface area contributed by atoms with Crippen molar-refractivity contribution in [3.05, 3.63) is 42.2 Å². The van der Waals surface area contributed by atoms with Crippen LogP contribution in [0, 0.1) is 12.7 Å². The van der Waals surface area contributed by atoms with Crippen LogP contribution >= 0.6 is 0 Å². The summed E-state index contributed by atoms with van der Waals surface area (Å²) in [5.41, 5.74) is 1.48. The molecular weight excluding hydrogens is 165 g/mol. The third-order valence-electron chi connectivity index (χ3n) is 1.95. The average molecular weight is 179 g/mol. The zero-order valence-corrected chi connectivity index (χ0v) is 7.97. The quantitative estimate of drug-likeness (QED) is 0.703. The molecule has 0 aliphatic heterocycles. The highest BCUT2D eigenvalue weighted by atomic mass is 19.1. The molecule has 1 rings (SSSR count). The summed E-state index contributed by atoms with van der Waals surface area (Å²) in [6.07, 6.45) is 1.74. The highest BCUT2D eigenvalue weighted by Gasteiger charge is 2.05. The van der Waals surface area contributed by atoms with Gasteiger partial charge in [0.25, 0.3) is 0 Å². The van der Waals surface area contributed by atoms with E-state index in [9.17, 15) is 4.39 Å². The van der Waals surface area contributed by atoms with E-state index in [1.807, 2.05) is 19.9 Å². The molecule has 0 fully saturated rings. The largest absolute Gasteiger partial charge is 0.377 e. The number of para-hydroxylation sites is 1. The second-order valence-corrected chi connectivity index (χ2v) is 3.10. The molecule has 0 aromatic heterocycles. The molecule has 1 nitrogen and oxygen atoms in total. The van der Waals surface area contributed by atoms with Crippen molar-refractivity contribution >= 4 is 5.69 Å². The number of benzene rings is 1. The second-order valence-electron chi connectivity index (χ2n) is 3.10. The van der Waals surface area contributed by atoms with Gasteiger partial charge in [-0.15, -0.1) is 6.58 Å². The fourth-order valence-corrected chi connectivity index (χ4v) is 1.10. The molecule has 13 heavy (non-hydrogen) atoms. The Hall–Kier alpha value is -1.31. The summed E-state index contributed by atoms with van der Waals surface area (Å²) >= 11 is 0. The highest BCUT2D eigenvalue weighted by Crippen LogP contribution is 2.19. The molecule has 1 atom stereocenters. The molecule has 0 spiro atoms. The summed E-state index contributed by atoms with van der Waals surface area (Å²) in [6, 6.07) is 5.11. The highest BCUT2D eigenvalue weighted by molar-refractivity contribution is 5.52. The van der Waals surface area contributed by atoms with E-state index in [1.165, 1.54) is 6.07 Å². The van der Waals surface area contributed by atoms with Crippen molar-refractivity contribution in [1.29, 1.82) is 0 Å². The first kappa shape index (κ1) is 9.78. The van der Waals surface area contributed by atoms with Crippen LogP contribution in [0.25, 0.3) is 0 Å². The summed E-state index contributed by atoms with van der Waals surface area (Å²) in [5.74, 6) is -0.214. The zero-order valence-electron chi connectivity index (χ0n) is 7.97. The van der Waals surface area contributed by atoms with E-state index < -0.39 is 0 Å². The fourth-order valence-electron chi connectivity index (χ4n) is 1.10. The monoisotopic (exact) mass is 179 g/mol. The van der Waals surface area contributed by atoms with Crippen molar-refractivity contribution < 1.29 is 4.39 Å². The third kappa shape index (κ3) is 2.31. The summed E-state index contributed by atoms with van der Waals surface area (Å²) in [7, 11) is 0. The van der Waals surface area contributed by atoms with Gasteiger partial charge in [-0.3, -0.25) is 0 Å². The van der Waals surface area contributed by atoms with E-state index in [0.29, 0.717) is 5.69 Å². The SMILES string of the molecule is C=CC(C)Nc1c(C)cccc1F. The first-order valence-electron chi connectivity index (χ1n) is 4.29. The third-order valence-corrected chi connectivity index (χ3v) is 1.95. The van der Waals surface area contributed by atoms with E-state index in [4.69, 9.17) is 0 Å². The molecule has 1 unspecified atom stereocenters. The van der Waals surface area contributed by atoms with E-state index in [1.54, 1.807) is 12.1 Å². The molecule has 0 saturated carbocycles. The lowest BCUT2D eigenvalue weighted by Crippen LogP contribution is -2.13. The van der Waals surface area contributed by atoms with Crippen LogP contribution in [0.2, 0.25) is 0 Å². The average Bonchev–Trinajstić information content (AvgIpc) is 2.11. The molecule has 1 aromatic carbocycles. The van der Waals surface area contributed by atoms with Gasteiger partial charge in [-0.1, -0.05) is 18.2 Å². The van der Waals surface area contributed by atoms with Crippen LogP contribution in [0.15, 0.2) is 30.9 Å². The molecule has 1 aromatic rings. The van der Waals surface area contributed by atoms with Gasteiger partial charge in [0.05, 0.1) is 5.69 Å². The lowest BCUT2D eigenvalue weighted by atomic mass is 10.1. The standard InChI is InChI=1S/C11H14FN/c1-4-9(3)13-11-8(2)6-5-7-10(11)12/h4-7,9,13H,1H2,2-3H3. The van der Waals surface area contributed by atoms with Crippen molar-refractivity contribution in [3.8, 4) is 0 Å². The molecule has 0 aliphatic rings. The molecule has 0 bridgehead atoms. The molecule has 0 saturated heterocycles. The Morgan fingerprint density at radius 3 is 2.77 bits per heavy atom. The molecule has 0 radical (unpaired) electrons. The van der Waals surface area contributed by atoms with Crippen LogP contribution in [-0.4, -0.2) is 6.04 Å². The van der Waals surface area contributed by atoms with E-state index >= 15 is 0 Å². The van der Waals surface area contributed by atoms with Crippen LogP contribution in [0.3, 0.4) is 0 Å². The second kappa shape index (κ2) is 4.08. The van der Waals surface area contributed by atoms with Crippen molar-refractivity contribution in [3.63, 3.8) is 0 Å². The molecule has 1 N–H and O–H groups in total. The van der Waals surface area contributed by atoms with Crippen molar-refractivity contribution in [2.24, 2.45) is 0 Å². The minimum absolute atomic E-state index is 0.0793. The number of aryl methyl sites for hydroxylation is 1. The molecule has 0 heterocycles. The number of nitrogens with one attached hydrogen (secondary N) is 1. The Labute approximate surface area is 78.3 Å². The smallest absolute Gasteiger partial charge is 0.146 e. The molecule has 0 amide bonds. The molecule has 0 aliphatic carbocycles. The first-order chi connectivity index (χ1) is 6.15. The number of anilines is 1. The van der Waals surface area contributed by atoms with Gasteiger partial charge < -0.3 is 5.32 Å². The Morgan fingerprint density at radius 1 is 1.54 bits per heavy atom. The van der Waals surface area contributed by atoms with Gasteiger partial charge in [0, 0.05) is 6.04 Å². The maximum atomic E-state index is 13.3. The first-order valence-corrected chi connectivity index (χ1v) is 4.29. The number of hydrogen-bond acceptors (Lipinski definition) is 1. The maximum Gasteiger partial charge on any atom is 0.146 e. The van der Waals surface area contributed by atoms with Gasteiger partial charge in [-0.05, 0) is 25.5 Å². The maximum absolute atomic E-state index is 13.3. The molecular formula is C11H14FN. The Balaban J connectivity index is 2.93. The fraction of sp³-hybridized carbons (Fsp3) is 0.273. The normalized spacial score (nSPS) is 12.2. The van der Waals surface area contributed by atoms with Crippen LogP contribution in [-0.2, 0) is 0 Å². The number of hydrogen-bond donors (Lipinski definition) is 1. The molecule has 70 valence electrons. The van der Waals surface area contributed by atoms with Crippen molar-refractivity contribution in [2.45, 2.75) is 19.9 Å². The van der Waals surface area contributed by atoms with Gasteiger partial charge in [-0.25, -0.2) is 4.39 Å². The van der Waals surface area contributed by atoms with E-state index in [2.05, 4.69) is 11.9 Å². The summed E-state index contributed by atoms with van der Waals surface area (Å²) in [4.78, 5) is 0. The van der Waals surface area contributed by atoms with Gasteiger partial charge in [0.1, 0.15) is 5.82 Å². The Kier molecular flexibility index (Phi) is 3.07. The topological polar surface area (TPSA) is 12.0 Å². The lowest BCUT2D eigenvalue weighted by Gasteiger charge is -2.13. The van der Waals surface area contributed by atoms with Crippen LogP contribution < -0.4 is 5.32 Å². The zero-order chi connectivity index (χ0) is 9.84. The lowest BCUT2D eigenvalue weighted by molar-refractivity contribution is 0.628. The minimum Gasteiger partial charge on any atom is -0.377 e. The van der Waals surface area contributed by atoms with Crippen molar-refractivity contribution in [1.82, 2.24) is 0 Å². The van der Waals surface area contributed by atoms with Crippen LogP contribution in [0.1, 0.15) is 12.5 Å². The summed E-state index contributed by atoms with van der Waals surface area (Å²) < 4.78 is 13.3. The predicted octanol–water partition coefficient (Wildman–Crippen LogP) is 3.12. The summed E-state index contributed by atoms with van der Waals surface area (Å²) in [5, 5.41) is 3.04. The van der Waals surface area contributed by atoms with Crippen LogP contribution in [0.5, 0.6) is 0 Å². The Bertz CT molecular complexity index is 287. The van der Waals surface area contributed by atoms with E-state index in [0.717, 1.165) is 5.56 Å². The van der Waals surface area contributed by atoms with Gasteiger partial charge in [-0.2, -0.15) is 0 Å². The van der Waals surface area contributed by atoms with Crippen molar-refractivity contribution in [2.75, 3.05) is 5.32 Å². The van der Waals surface area contributed by atoms with E-state index in [-0.39, 0.29) is 11.9 Å². The van der Waals surface area contributed by atoms with Gasteiger partial charge >= 0.3 is 0 Å². The number of halogens is 1. The predicted molar refractivity (Wildman–Crippen MR) is 54.4 cm³/mol. The van der Waals surface area contributed by atoms with Crippen LogP contribution in [0.4, 0.5) is 10.1 Å². The van der Waals surface area contributed by atoms with Gasteiger partial charge in [0.15, 0.2) is 0 Å². The Morgan fingerprint density at radius 2 is 2.23 bits per heavy atom. The minimum atomic E-state index is -0.214. The summed E-state index contributed by atoms with van der Waals surface area (Å²) in [6.45, 7) is 7.44. The number of rotatable bonds is 3. The van der Waals surface area contributed by atoms with Gasteiger partial charge in [0.2, 0.25) is 0 Å².